The van der Waals surface area contributed by atoms with Gasteiger partial charge in [0, 0.05) is 31.3 Å². The van der Waals surface area contributed by atoms with Crippen molar-refractivity contribution in [2.45, 2.75) is 28.2 Å². The molecule has 0 atom stereocenters. The lowest BCUT2D eigenvalue weighted by molar-refractivity contribution is 1.23. The minimum atomic E-state index is 0.592. The summed E-state index contributed by atoms with van der Waals surface area (Å²) >= 11 is 7.09. The first-order valence-corrected chi connectivity index (χ1v) is 8.31. The molecule has 1 heterocycles. The lowest BCUT2D eigenvalue weighted by Crippen LogP contribution is -1.77. The van der Waals surface area contributed by atoms with Crippen molar-refractivity contribution in [2.75, 3.05) is 11.5 Å². The topological polar surface area (TPSA) is 47.6 Å². The molecule has 0 unspecified atom stereocenters. The maximum absolute atomic E-state index is 8.49. The zero-order valence-corrected chi connectivity index (χ0v) is 12.1. The first-order chi connectivity index (χ1) is 7.77. The van der Waals surface area contributed by atoms with Crippen LogP contribution in [0.4, 0.5) is 0 Å². The van der Waals surface area contributed by atoms with Gasteiger partial charge in [-0.2, -0.15) is 10.5 Å². The Morgan fingerprint density at radius 3 is 2.44 bits per heavy atom. The molecule has 2 nitrogen and oxygen atoms in total. The fourth-order valence-corrected chi connectivity index (χ4v) is 6.51. The van der Waals surface area contributed by atoms with Gasteiger partial charge in [0.15, 0.2) is 0 Å². The van der Waals surface area contributed by atoms with E-state index in [-0.39, 0.29) is 0 Å². The van der Waals surface area contributed by atoms with Crippen molar-refractivity contribution in [3.63, 3.8) is 0 Å². The molecule has 0 aliphatic heterocycles. The number of thioether (sulfide) groups is 2. The van der Waals surface area contributed by atoms with Crippen LogP contribution in [0.2, 0.25) is 0 Å². The van der Waals surface area contributed by atoms with Crippen molar-refractivity contribution in [1.29, 1.82) is 10.5 Å². The predicted molar refractivity (Wildman–Crippen MR) is 73.2 cm³/mol. The Morgan fingerprint density at radius 1 is 1.19 bits per heavy atom. The summed E-state index contributed by atoms with van der Waals surface area (Å²) in [4.78, 5) is 0. The number of nitrogens with zero attached hydrogens (tertiary/aromatic N) is 2. The van der Waals surface area contributed by atoms with Crippen molar-refractivity contribution in [3.05, 3.63) is 4.19 Å². The molecular formula is C10H11N2S4+. The van der Waals surface area contributed by atoms with Crippen LogP contribution in [0.15, 0.2) is 8.42 Å². The van der Waals surface area contributed by atoms with E-state index in [1.165, 1.54) is 12.6 Å². The van der Waals surface area contributed by atoms with E-state index in [1.54, 1.807) is 46.2 Å². The van der Waals surface area contributed by atoms with Crippen LogP contribution >= 0.6 is 46.2 Å². The molecule has 0 aliphatic rings. The Balaban J connectivity index is 2.54. The quantitative estimate of drug-likeness (QED) is 0.442. The first-order valence-electron chi connectivity index (χ1n) is 4.71. The van der Waals surface area contributed by atoms with Crippen molar-refractivity contribution < 1.29 is 0 Å². The van der Waals surface area contributed by atoms with E-state index < -0.39 is 0 Å². The van der Waals surface area contributed by atoms with Crippen LogP contribution in [-0.4, -0.2) is 11.5 Å². The maximum atomic E-state index is 8.49. The van der Waals surface area contributed by atoms with Crippen LogP contribution in [0.5, 0.6) is 0 Å². The largest absolute Gasteiger partial charge is 0.253 e. The van der Waals surface area contributed by atoms with Gasteiger partial charge in [0.1, 0.15) is 0 Å². The van der Waals surface area contributed by atoms with E-state index in [2.05, 4.69) is 19.1 Å². The third-order valence-corrected chi connectivity index (χ3v) is 6.86. The van der Waals surface area contributed by atoms with Crippen LogP contribution in [0.1, 0.15) is 17.0 Å². The lowest BCUT2D eigenvalue weighted by atomic mass is 10.6. The standard InChI is InChI=1S/C10H11N2S4/c1-8-15-9(13-6-2-4-11)10(16-8)14-7-3-5-12/h2-3,6-7H2,1H3/q+1. The number of nitriles is 2. The summed E-state index contributed by atoms with van der Waals surface area (Å²) in [7, 11) is 0. The van der Waals surface area contributed by atoms with Crippen LogP contribution in [0.25, 0.3) is 0 Å². The van der Waals surface area contributed by atoms with Gasteiger partial charge in [-0.05, 0) is 0 Å². The molecule has 0 spiro atoms. The summed E-state index contributed by atoms with van der Waals surface area (Å²) < 4.78 is 3.94. The second-order valence-electron chi connectivity index (χ2n) is 2.78. The Hall–Kier alpha value is -0.270. The molecule has 1 rings (SSSR count). The second kappa shape index (κ2) is 7.92. The minimum absolute atomic E-state index is 0.592. The van der Waals surface area contributed by atoms with Crippen molar-refractivity contribution in [1.82, 2.24) is 0 Å². The van der Waals surface area contributed by atoms with E-state index in [4.69, 9.17) is 10.5 Å². The maximum Gasteiger partial charge on any atom is 0.253 e. The van der Waals surface area contributed by atoms with Gasteiger partial charge in [-0.3, -0.25) is 0 Å². The normalized spacial score (nSPS) is 9.69. The molecule has 16 heavy (non-hydrogen) atoms. The van der Waals surface area contributed by atoms with Crippen LogP contribution < -0.4 is 0 Å². The van der Waals surface area contributed by atoms with Gasteiger partial charge in [-0.25, -0.2) is 0 Å². The van der Waals surface area contributed by atoms with Crippen molar-refractivity contribution in [2.24, 2.45) is 0 Å². The molecule has 84 valence electrons. The predicted octanol–water partition coefficient (Wildman–Crippen LogP) is 4.41. The minimum Gasteiger partial charge on any atom is -0.198 e. The Kier molecular flexibility index (Phi) is 6.82. The van der Waals surface area contributed by atoms with Gasteiger partial charge in [-0.1, -0.05) is 23.5 Å². The average molecular weight is 287 g/mol. The van der Waals surface area contributed by atoms with Gasteiger partial charge in [0.05, 0.1) is 34.8 Å². The highest BCUT2D eigenvalue weighted by Crippen LogP contribution is 2.42. The Morgan fingerprint density at radius 2 is 1.81 bits per heavy atom. The highest BCUT2D eigenvalue weighted by molar-refractivity contribution is 8.05. The first kappa shape index (κ1) is 13.8. The molecule has 0 bridgehead atoms. The van der Waals surface area contributed by atoms with Crippen LogP contribution in [0.3, 0.4) is 0 Å². The molecular weight excluding hydrogens is 276 g/mol. The molecule has 0 saturated heterocycles. The molecule has 0 amide bonds. The fourth-order valence-electron chi connectivity index (χ4n) is 0.921. The second-order valence-corrected chi connectivity index (χ2v) is 8.22. The molecule has 6 heteroatoms. The van der Waals surface area contributed by atoms with Gasteiger partial charge in [0.25, 0.3) is 4.19 Å². The molecule has 0 saturated carbocycles. The van der Waals surface area contributed by atoms with E-state index in [9.17, 15) is 0 Å². The third-order valence-electron chi connectivity index (χ3n) is 1.53. The van der Waals surface area contributed by atoms with Gasteiger partial charge < -0.3 is 0 Å². The van der Waals surface area contributed by atoms with Crippen LogP contribution in [0, 0.1) is 29.6 Å². The molecule has 1 aromatic heterocycles. The lowest BCUT2D eigenvalue weighted by Gasteiger charge is -1.92. The number of rotatable bonds is 6. The third kappa shape index (κ3) is 4.71. The van der Waals surface area contributed by atoms with Crippen LogP contribution in [-0.2, 0) is 0 Å². The summed E-state index contributed by atoms with van der Waals surface area (Å²) in [6.45, 7) is 2.11. The van der Waals surface area contributed by atoms with E-state index in [0.29, 0.717) is 12.8 Å². The zero-order valence-electron chi connectivity index (χ0n) is 8.86. The van der Waals surface area contributed by atoms with E-state index in [0.717, 1.165) is 11.5 Å². The molecule has 0 aromatic carbocycles. The van der Waals surface area contributed by atoms with Crippen molar-refractivity contribution >= 4 is 46.2 Å². The summed E-state index contributed by atoms with van der Waals surface area (Å²) in [6.07, 6.45) is 1.18. The molecule has 1 aromatic rings. The molecule has 0 fully saturated rings. The SMILES string of the molecule is Cc1sc(SCCC#N)c(SCCC#N)[s+]1. The summed E-state index contributed by atoms with van der Waals surface area (Å²) in [5, 5.41) is 17.0. The Labute approximate surface area is 112 Å². The summed E-state index contributed by atoms with van der Waals surface area (Å²) in [6, 6.07) is 4.31. The highest BCUT2D eigenvalue weighted by atomic mass is 32.2. The monoisotopic (exact) mass is 287 g/mol. The number of hydrogen-bond donors (Lipinski definition) is 0. The number of aryl methyl sites for hydroxylation is 1. The van der Waals surface area contributed by atoms with E-state index >= 15 is 0 Å². The zero-order chi connectivity index (χ0) is 11.8. The van der Waals surface area contributed by atoms with Gasteiger partial charge >= 0.3 is 0 Å². The van der Waals surface area contributed by atoms with Gasteiger partial charge in [-0.15, -0.1) is 0 Å². The smallest absolute Gasteiger partial charge is 0.198 e. The highest BCUT2D eigenvalue weighted by Gasteiger charge is 2.20. The molecule has 0 radical (unpaired) electrons. The Bertz CT molecular complexity index is 376. The number of hydrogen-bond acceptors (Lipinski definition) is 5. The average Bonchev–Trinajstić information content (AvgIpc) is 2.60. The molecule has 0 aliphatic carbocycles. The summed E-state index contributed by atoms with van der Waals surface area (Å²) in [5.74, 6) is 1.71. The van der Waals surface area contributed by atoms with Gasteiger partial charge in [0.2, 0.25) is 8.42 Å². The summed E-state index contributed by atoms with van der Waals surface area (Å²) in [5.41, 5.74) is 0. The fraction of sp³-hybridized carbons (Fsp3) is 0.500. The van der Waals surface area contributed by atoms with Crippen molar-refractivity contribution in [3.8, 4) is 12.1 Å². The van der Waals surface area contributed by atoms with E-state index in [1.807, 2.05) is 0 Å². The molecule has 0 N–H and O–H groups in total.